The standard InChI is InChI=1S/C17H16N2O2/c1-20-13-7-8-17(21-2)16(9-13)19-11-12-10-18-15-6-4-3-5-14(12)15/h3-11,18H,1-2H3. The summed E-state index contributed by atoms with van der Waals surface area (Å²) in [6.45, 7) is 0. The number of benzene rings is 2. The lowest BCUT2D eigenvalue weighted by Gasteiger charge is -2.06. The molecule has 0 aliphatic carbocycles. The minimum atomic E-state index is 0.715. The fourth-order valence-corrected chi connectivity index (χ4v) is 2.24. The van der Waals surface area contributed by atoms with Gasteiger partial charge in [0.15, 0.2) is 0 Å². The van der Waals surface area contributed by atoms with E-state index >= 15 is 0 Å². The Morgan fingerprint density at radius 3 is 2.71 bits per heavy atom. The summed E-state index contributed by atoms with van der Waals surface area (Å²) in [5.74, 6) is 1.47. The summed E-state index contributed by atoms with van der Waals surface area (Å²) in [6.07, 6.45) is 3.77. The third-order valence-electron chi connectivity index (χ3n) is 3.35. The van der Waals surface area contributed by atoms with Crippen LogP contribution in [0.25, 0.3) is 10.9 Å². The molecule has 3 aromatic rings. The topological polar surface area (TPSA) is 46.6 Å². The van der Waals surface area contributed by atoms with Crippen LogP contribution >= 0.6 is 0 Å². The summed E-state index contributed by atoms with van der Waals surface area (Å²) in [5, 5.41) is 1.14. The number of aromatic amines is 1. The van der Waals surface area contributed by atoms with Gasteiger partial charge in [-0.15, -0.1) is 0 Å². The highest BCUT2D eigenvalue weighted by Gasteiger charge is 2.04. The summed E-state index contributed by atoms with van der Waals surface area (Å²) < 4.78 is 10.6. The number of nitrogens with one attached hydrogen (secondary N) is 1. The Labute approximate surface area is 123 Å². The van der Waals surface area contributed by atoms with Crippen LogP contribution in [0.4, 0.5) is 5.69 Å². The van der Waals surface area contributed by atoms with E-state index < -0.39 is 0 Å². The minimum absolute atomic E-state index is 0.715. The zero-order valence-corrected chi connectivity index (χ0v) is 12.0. The number of fused-ring (bicyclic) bond motifs is 1. The molecule has 2 aromatic carbocycles. The van der Waals surface area contributed by atoms with E-state index in [4.69, 9.17) is 9.47 Å². The molecule has 0 unspecified atom stereocenters. The Balaban J connectivity index is 1.99. The molecule has 0 radical (unpaired) electrons. The molecule has 4 heteroatoms. The first-order valence-corrected chi connectivity index (χ1v) is 6.64. The van der Waals surface area contributed by atoms with Crippen molar-refractivity contribution >= 4 is 22.8 Å². The van der Waals surface area contributed by atoms with Crippen LogP contribution in [-0.2, 0) is 0 Å². The molecule has 21 heavy (non-hydrogen) atoms. The highest BCUT2D eigenvalue weighted by atomic mass is 16.5. The summed E-state index contributed by atoms with van der Waals surface area (Å²) in [6, 6.07) is 13.7. The van der Waals surface area contributed by atoms with Gasteiger partial charge in [0.2, 0.25) is 0 Å². The maximum Gasteiger partial charge on any atom is 0.144 e. The Bertz CT molecular complexity index is 790. The molecule has 0 saturated carbocycles. The fraction of sp³-hybridized carbons (Fsp3) is 0.118. The maximum atomic E-state index is 5.33. The average molecular weight is 280 g/mol. The molecule has 0 spiro atoms. The third kappa shape index (κ3) is 2.60. The Kier molecular flexibility index (Phi) is 3.60. The second-order valence-corrected chi connectivity index (χ2v) is 4.59. The van der Waals surface area contributed by atoms with Gasteiger partial charge in [0.05, 0.1) is 14.2 Å². The lowest BCUT2D eigenvalue weighted by atomic mass is 10.2. The molecule has 0 bridgehead atoms. The van der Waals surface area contributed by atoms with Gasteiger partial charge in [0.25, 0.3) is 0 Å². The van der Waals surface area contributed by atoms with Crippen LogP contribution in [-0.4, -0.2) is 25.4 Å². The van der Waals surface area contributed by atoms with Gasteiger partial charge in [-0.2, -0.15) is 0 Å². The lowest BCUT2D eigenvalue weighted by molar-refractivity contribution is 0.404. The second kappa shape index (κ2) is 5.71. The minimum Gasteiger partial charge on any atom is -0.497 e. The van der Waals surface area contributed by atoms with Gasteiger partial charge in [0, 0.05) is 34.9 Å². The molecular formula is C17H16N2O2. The number of aliphatic imine (C=N–C) groups is 1. The van der Waals surface area contributed by atoms with E-state index in [0.717, 1.165) is 27.9 Å². The highest BCUT2D eigenvalue weighted by Crippen LogP contribution is 2.31. The van der Waals surface area contributed by atoms with Crippen molar-refractivity contribution in [1.82, 2.24) is 4.98 Å². The van der Waals surface area contributed by atoms with Gasteiger partial charge in [-0.25, -0.2) is 0 Å². The van der Waals surface area contributed by atoms with Crippen LogP contribution in [0.5, 0.6) is 11.5 Å². The van der Waals surface area contributed by atoms with E-state index in [9.17, 15) is 0 Å². The number of hydrogen-bond acceptors (Lipinski definition) is 3. The van der Waals surface area contributed by atoms with Crippen molar-refractivity contribution in [3.05, 3.63) is 54.2 Å². The molecule has 0 atom stereocenters. The van der Waals surface area contributed by atoms with Crippen molar-refractivity contribution < 1.29 is 9.47 Å². The van der Waals surface area contributed by atoms with Crippen molar-refractivity contribution in [3.63, 3.8) is 0 Å². The smallest absolute Gasteiger partial charge is 0.144 e. The summed E-state index contributed by atoms with van der Waals surface area (Å²) in [4.78, 5) is 7.76. The lowest BCUT2D eigenvalue weighted by Crippen LogP contribution is -1.87. The van der Waals surface area contributed by atoms with Crippen LogP contribution in [0.15, 0.2) is 53.7 Å². The van der Waals surface area contributed by atoms with Gasteiger partial charge >= 0.3 is 0 Å². The number of H-pyrrole nitrogens is 1. The van der Waals surface area contributed by atoms with E-state index in [2.05, 4.69) is 16.0 Å². The molecule has 106 valence electrons. The molecule has 3 rings (SSSR count). The van der Waals surface area contributed by atoms with Crippen molar-refractivity contribution in [3.8, 4) is 11.5 Å². The first kappa shape index (κ1) is 13.2. The van der Waals surface area contributed by atoms with Crippen LogP contribution in [0.1, 0.15) is 5.56 Å². The molecule has 0 aliphatic rings. The molecule has 0 saturated heterocycles. The number of hydrogen-bond donors (Lipinski definition) is 1. The molecule has 4 nitrogen and oxygen atoms in total. The summed E-state index contributed by atoms with van der Waals surface area (Å²) >= 11 is 0. The molecule has 0 fully saturated rings. The van der Waals surface area contributed by atoms with Gasteiger partial charge in [0.1, 0.15) is 17.2 Å². The van der Waals surface area contributed by atoms with Crippen LogP contribution in [0.2, 0.25) is 0 Å². The monoisotopic (exact) mass is 280 g/mol. The molecule has 1 heterocycles. The molecule has 1 aromatic heterocycles. The Morgan fingerprint density at radius 1 is 1.05 bits per heavy atom. The number of para-hydroxylation sites is 1. The highest BCUT2D eigenvalue weighted by molar-refractivity contribution is 5.99. The fourth-order valence-electron chi connectivity index (χ4n) is 2.24. The predicted octanol–water partition coefficient (Wildman–Crippen LogP) is 3.94. The van der Waals surface area contributed by atoms with Crippen molar-refractivity contribution in [1.29, 1.82) is 0 Å². The molecule has 1 N–H and O–H groups in total. The number of rotatable bonds is 4. The normalized spacial score (nSPS) is 11.1. The molecule has 0 amide bonds. The SMILES string of the molecule is COc1ccc(OC)c(N=Cc2c[nH]c3ccccc23)c1. The quantitative estimate of drug-likeness (QED) is 0.736. The largest absolute Gasteiger partial charge is 0.497 e. The van der Waals surface area contributed by atoms with Crippen LogP contribution in [0, 0.1) is 0 Å². The maximum absolute atomic E-state index is 5.33. The van der Waals surface area contributed by atoms with E-state index in [1.54, 1.807) is 14.2 Å². The van der Waals surface area contributed by atoms with Crippen LogP contribution in [0.3, 0.4) is 0 Å². The number of nitrogens with zero attached hydrogens (tertiary/aromatic N) is 1. The van der Waals surface area contributed by atoms with E-state index in [0.29, 0.717) is 5.75 Å². The number of methoxy groups -OCH3 is 2. The van der Waals surface area contributed by atoms with Gasteiger partial charge in [-0.05, 0) is 18.2 Å². The zero-order valence-electron chi connectivity index (χ0n) is 12.0. The Hall–Kier alpha value is -2.75. The molecular weight excluding hydrogens is 264 g/mol. The van der Waals surface area contributed by atoms with Gasteiger partial charge < -0.3 is 14.5 Å². The zero-order chi connectivity index (χ0) is 14.7. The van der Waals surface area contributed by atoms with E-state index in [-0.39, 0.29) is 0 Å². The van der Waals surface area contributed by atoms with E-state index in [1.807, 2.05) is 48.8 Å². The summed E-state index contributed by atoms with van der Waals surface area (Å²) in [7, 11) is 3.27. The first-order valence-electron chi connectivity index (χ1n) is 6.64. The van der Waals surface area contributed by atoms with E-state index in [1.165, 1.54) is 0 Å². The van der Waals surface area contributed by atoms with Gasteiger partial charge in [-0.1, -0.05) is 18.2 Å². The molecule has 0 aliphatic heterocycles. The Morgan fingerprint density at radius 2 is 1.90 bits per heavy atom. The predicted molar refractivity (Wildman–Crippen MR) is 85.1 cm³/mol. The second-order valence-electron chi connectivity index (χ2n) is 4.59. The third-order valence-corrected chi connectivity index (χ3v) is 3.35. The van der Waals surface area contributed by atoms with Crippen molar-refractivity contribution in [2.75, 3.05) is 14.2 Å². The first-order chi connectivity index (χ1) is 10.3. The summed E-state index contributed by atoms with van der Waals surface area (Å²) in [5.41, 5.74) is 2.87. The average Bonchev–Trinajstić information content (AvgIpc) is 2.96. The van der Waals surface area contributed by atoms with Crippen LogP contribution < -0.4 is 9.47 Å². The number of aromatic nitrogens is 1. The van der Waals surface area contributed by atoms with Crippen molar-refractivity contribution in [2.45, 2.75) is 0 Å². The van der Waals surface area contributed by atoms with Crippen molar-refractivity contribution in [2.24, 2.45) is 4.99 Å². The van der Waals surface area contributed by atoms with Gasteiger partial charge in [-0.3, -0.25) is 4.99 Å². The number of ether oxygens (including phenoxy) is 2.